The number of rotatable bonds is 5. The fourth-order valence-electron chi connectivity index (χ4n) is 2.21. The molecule has 0 bridgehead atoms. The first-order valence-electron chi connectivity index (χ1n) is 7.11. The summed E-state index contributed by atoms with van der Waals surface area (Å²) in [4.78, 5) is 23.8. The summed E-state index contributed by atoms with van der Waals surface area (Å²) in [6.45, 7) is 5.35. The Kier molecular flexibility index (Phi) is 4.73. The number of ether oxygens (including phenoxy) is 1. The van der Waals surface area contributed by atoms with Crippen LogP contribution in [0, 0.1) is 5.41 Å². The normalized spacial score (nSPS) is 22.3. The summed E-state index contributed by atoms with van der Waals surface area (Å²) < 4.78 is 3.93. The zero-order chi connectivity index (χ0) is 16.5. The standard InChI is InChI=1S/C16H19Cl2NO3/c1-10(2)11-6-4-5-7-12(11)19-13(20)8-22-14(21)15(3)9-16(15,17)18/h4-7,10H,8-9H2,1-3H3,(H,19,20)/t15-/m1/s1. The lowest BCUT2D eigenvalue weighted by atomic mass is 10.0. The highest BCUT2D eigenvalue weighted by Crippen LogP contribution is 2.64. The van der Waals surface area contributed by atoms with Crippen LogP contribution in [0.5, 0.6) is 0 Å². The van der Waals surface area contributed by atoms with Gasteiger partial charge in [0.25, 0.3) is 5.91 Å². The SMILES string of the molecule is CC(C)c1ccccc1NC(=O)COC(=O)[C@@]1(C)CC1(Cl)Cl. The van der Waals surface area contributed by atoms with Gasteiger partial charge in [-0.25, -0.2) is 0 Å². The Morgan fingerprint density at radius 2 is 1.91 bits per heavy atom. The number of para-hydroxylation sites is 1. The molecule has 6 heteroatoms. The second-order valence-corrected chi connectivity index (χ2v) is 7.56. The van der Waals surface area contributed by atoms with E-state index in [0.29, 0.717) is 6.42 Å². The molecule has 22 heavy (non-hydrogen) atoms. The molecule has 1 amide bonds. The third-order valence-electron chi connectivity index (χ3n) is 3.90. The van der Waals surface area contributed by atoms with E-state index in [1.165, 1.54) is 0 Å². The lowest BCUT2D eigenvalue weighted by Crippen LogP contribution is -2.27. The molecule has 0 unspecified atom stereocenters. The Balaban J connectivity index is 1.91. The van der Waals surface area contributed by atoms with Crippen molar-refractivity contribution in [2.75, 3.05) is 11.9 Å². The van der Waals surface area contributed by atoms with Crippen molar-refractivity contribution in [3.8, 4) is 0 Å². The van der Waals surface area contributed by atoms with Gasteiger partial charge in [0.2, 0.25) is 0 Å². The van der Waals surface area contributed by atoms with Crippen molar-refractivity contribution < 1.29 is 14.3 Å². The first-order valence-corrected chi connectivity index (χ1v) is 7.87. The average molecular weight is 344 g/mol. The van der Waals surface area contributed by atoms with Crippen LogP contribution in [0.4, 0.5) is 5.69 Å². The van der Waals surface area contributed by atoms with Gasteiger partial charge in [0, 0.05) is 12.1 Å². The van der Waals surface area contributed by atoms with Crippen LogP contribution in [0.2, 0.25) is 0 Å². The monoisotopic (exact) mass is 343 g/mol. The third-order valence-corrected chi connectivity index (χ3v) is 5.00. The molecule has 1 aromatic rings. The van der Waals surface area contributed by atoms with Gasteiger partial charge in [-0.15, -0.1) is 23.2 Å². The summed E-state index contributed by atoms with van der Waals surface area (Å²) in [5, 5.41) is 2.76. The Bertz CT molecular complexity index is 601. The van der Waals surface area contributed by atoms with Crippen molar-refractivity contribution in [3.05, 3.63) is 29.8 Å². The lowest BCUT2D eigenvalue weighted by Gasteiger charge is -2.15. The number of amides is 1. The van der Waals surface area contributed by atoms with E-state index in [2.05, 4.69) is 5.32 Å². The second-order valence-electron chi connectivity index (χ2n) is 6.08. The van der Waals surface area contributed by atoms with Crippen molar-refractivity contribution >= 4 is 40.8 Å². The number of hydrogen-bond donors (Lipinski definition) is 1. The summed E-state index contributed by atoms with van der Waals surface area (Å²) in [7, 11) is 0. The van der Waals surface area contributed by atoms with Crippen LogP contribution >= 0.6 is 23.2 Å². The van der Waals surface area contributed by atoms with Crippen LogP contribution in [0.3, 0.4) is 0 Å². The van der Waals surface area contributed by atoms with Crippen LogP contribution in [0.15, 0.2) is 24.3 Å². The molecule has 1 fully saturated rings. The number of hydrogen-bond acceptors (Lipinski definition) is 3. The maximum absolute atomic E-state index is 11.9. The number of halogens is 2. The highest BCUT2D eigenvalue weighted by Gasteiger charge is 2.69. The minimum absolute atomic E-state index is 0.275. The van der Waals surface area contributed by atoms with E-state index in [-0.39, 0.29) is 18.4 Å². The summed E-state index contributed by atoms with van der Waals surface area (Å²) in [6.07, 6.45) is 0.333. The predicted octanol–water partition coefficient (Wildman–Crippen LogP) is 3.88. The molecule has 0 radical (unpaired) electrons. The molecule has 1 aromatic carbocycles. The van der Waals surface area contributed by atoms with E-state index in [9.17, 15) is 9.59 Å². The minimum atomic E-state index is -1.09. The Morgan fingerprint density at radius 3 is 2.45 bits per heavy atom. The highest BCUT2D eigenvalue weighted by molar-refractivity contribution is 6.53. The van der Waals surface area contributed by atoms with Gasteiger partial charge < -0.3 is 10.1 Å². The number of anilines is 1. The molecule has 120 valence electrons. The quantitative estimate of drug-likeness (QED) is 0.652. The van der Waals surface area contributed by atoms with Crippen molar-refractivity contribution in [3.63, 3.8) is 0 Å². The van der Waals surface area contributed by atoms with Crippen molar-refractivity contribution in [2.45, 2.75) is 37.4 Å². The molecule has 0 aliphatic heterocycles. The fourth-order valence-corrected chi connectivity index (χ4v) is 2.90. The summed E-state index contributed by atoms with van der Waals surface area (Å²) >= 11 is 11.8. The second kappa shape index (κ2) is 6.09. The molecule has 1 aliphatic carbocycles. The number of nitrogens with one attached hydrogen (secondary N) is 1. The van der Waals surface area contributed by atoms with E-state index in [0.717, 1.165) is 11.3 Å². The third kappa shape index (κ3) is 3.39. The first-order chi connectivity index (χ1) is 10.2. The molecule has 0 heterocycles. The van der Waals surface area contributed by atoms with Crippen LogP contribution in [0.25, 0.3) is 0 Å². The van der Waals surface area contributed by atoms with Crippen LogP contribution in [-0.4, -0.2) is 22.8 Å². The van der Waals surface area contributed by atoms with E-state index < -0.39 is 15.7 Å². The van der Waals surface area contributed by atoms with Gasteiger partial charge in [-0.1, -0.05) is 32.0 Å². The van der Waals surface area contributed by atoms with Gasteiger partial charge in [0.15, 0.2) is 6.61 Å². The highest BCUT2D eigenvalue weighted by atomic mass is 35.5. The zero-order valence-corrected chi connectivity index (χ0v) is 14.3. The van der Waals surface area contributed by atoms with Crippen LogP contribution in [-0.2, 0) is 14.3 Å². The molecule has 4 nitrogen and oxygen atoms in total. The van der Waals surface area contributed by atoms with E-state index >= 15 is 0 Å². The van der Waals surface area contributed by atoms with Crippen molar-refractivity contribution in [1.82, 2.24) is 0 Å². The van der Waals surface area contributed by atoms with E-state index in [1.807, 2.05) is 38.1 Å². The predicted molar refractivity (Wildman–Crippen MR) is 87.3 cm³/mol. The Labute approximate surface area is 140 Å². The van der Waals surface area contributed by atoms with Gasteiger partial charge in [-0.3, -0.25) is 9.59 Å². The zero-order valence-electron chi connectivity index (χ0n) is 12.8. The average Bonchev–Trinajstić information content (AvgIpc) is 2.96. The number of benzene rings is 1. The van der Waals surface area contributed by atoms with E-state index in [4.69, 9.17) is 27.9 Å². The minimum Gasteiger partial charge on any atom is -0.455 e. The van der Waals surface area contributed by atoms with Gasteiger partial charge >= 0.3 is 5.97 Å². The molecule has 2 rings (SSSR count). The molecule has 0 saturated heterocycles. The smallest absolute Gasteiger partial charge is 0.315 e. The molecule has 0 spiro atoms. The molecular formula is C16H19Cl2NO3. The molecular weight excluding hydrogens is 325 g/mol. The Hall–Kier alpha value is -1.26. The lowest BCUT2D eigenvalue weighted by molar-refractivity contribution is -0.152. The number of carbonyl (C=O) groups is 2. The van der Waals surface area contributed by atoms with Crippen LogP contribution in [0.1, 0.15) is 38.7 Å². The summed E-state index contributed by atoms with van der Waals surface area (Å²) in [6, 6.07) is 7.53. The van der Waals surface area contributed by atoms with Crippen molar-refractivity contribution in [2.24, 2.45) is 5.41 Å². The van der Waals surface area contributed by atoms with Gasteiger partial charge in [-0.2, -0.15) is 0 Å². The van der Waals surface area contributed by atoms with Crippen molar-refractivity contribution in [1.29, 1.82) is 0 Å². The summed E-state index contributed by atoms with van der Waals surface area (Å²) in [5.41, 5.74) is 0.823. The van der Waals surface area contributed by atoms with Gasteiger partial charge in [0.1, 0.15) is 9.75 Å². The fraction of sp³-hybridized carbons (Fsp3) is 0.500. The van der Waals surface area contributed by atoms with Crippen LogP contribution < -0.4 is 5.32 Å². The van der Waals surface area contributed by atoms with Gasteiger partial charge in [0.05, 0.1) is 0 Å². The Morgan fingerprint density at radius 1 is 1.32 bits per heavy atom. The molecule has 1 N–H and O–H groups in total. The largest absolute Gasteiger partial charge is 0.455 e. The molecule has 1 atom stereocenters. The first kappa shape index (κ1) is 17.1. The number of carbonyl (C=O) groups excluding carboxylic acids is 2. The topological polar surface area (TPSA) is 55.4 Å². The summed E-state index contributed by atoms with van der Waals surface area (Å²) in [5.74, 6) is -0.664. The number of esters is 1. The van der Waals surface area contributed by atoms with Gasteiger partial charge in [-0.05, 0) is 24.5 Å². The maximum atomic E-state index is 11.9. The van der Waals surface area contributed by atoms with E-state index in [1.54, 1.807) is 6.92 Å². The number of alkyl halides is 2. The molecule has 1 aliphatic rings. The maximum Gasteiger partial charge on any atom is 0.315 e. The molecule has 0 aromatic heterocycles. The molecule has 1 saturated carbocycles.